The van der Waals surface area contributed by atoms with Crippen LogP contribution in [0.25, 0.3) is 0 Å². The number of hydrogen-bond acceptors (Lipinski definition) is 7. The Labute approximate surface area is 360 Å². The van der Waals surface area contributed by atoms with Gasteiger partial charge in [0.2, 0.25) is 5.91 Å². The molecule has 0 aromatic heterocycles. The molecule has 0 spiro atoms. The van der Waals surface area contributed by atoms with E-state index < -0.39 is 42.3 Å². The number of amides is 3. The van der Waals surface area contributed by atoms with Gasteiger partial charge < -0.3 is 28.7 Å². The number of likely N-dealkylation sites (tertiary alicyclic amines) is 1. The zero-order valence-electron chi connectivity index (χ0n) is 34.7. The maximum absolute atomic E-state index is 14.9. The summed E-state index contributed by atoms with van der Waals surface area (Å²) in [6, 6.07) is 16.2. The molecule has 322 valence electrons. The lowest BCUT2D eigenvalue weighted by Gasteiger charge is -2.40. The molecule has 0 unspecified atom stereocenters. The van der Waals surface area contributed by atoms with Crippen molar-refractivity contribution in [3.8, 4) is 11.5 Å². The van der Waals surface area contributed by atoms with E-state index >= 15 is 0 Å². The van der Waals surface area contributed by atoms with E-state index in [9.17, 15) is 23.2 Å². The number of carbonyl (C=O) groups is 3. The van der Waals surface area contributed by atoms with Gasteiger partial charge in [0, 0.05) is 37.2 Å². The first-order chi connectivity index (χ1) is 27.7. The summed E-state index contributed by atoms with van der Waals surface area (Å²) in [5.41, 5.74) is 1.42. The molecule has 1 aliphatic heterocycles. The van der Waals surface area contributed by atoms with Crippen LogP contribution in [0.2, 0.25) is 15.1 Å². The van der Waals surface area contributed by atoms with Crippen LogP contribution >= 0.6 is 34.8 Å². The average Bonchev–Trinajstić information content (AvgIpc) is 3.98. The molecule has 59 heavy (non-hydrogen) atoms. The van der Waals surface area contributed by atoms with Gasteiger partial charge in [-0.2, -0.15) is 0 Å². The predicted molar refractivity (Wildman–Crippen MR) is 225 cm³/mol. The molecule has 15 heteroatoms. The van der Waals surface area contributed by atoms with Crippen LogP contribution in [0.5, 0.6) is 11.5 Å². The SMILES string of the molecule is Cc1cc(Cl)c(OCCOc2ccc([C@H]3CCN(C(=O)OC(C)(C)C)C[C@@H]3C(=O)N(Cc3cc(CN(CC(F)F)C(=O)OC(C)(C)C)ccc3Cl)C3CC3)cc2)c(Cl)c1. The highest BCUT2D eigenvalue weighted by atomic mass is 35.5. The molecule has 0 bridgehead atoms. The molecule has 2 fully saturated rings. The molecule has 1 saturated heterocycles. The summed E-state index contributed by atoms with van der Waals surface area (Å²) in [5.74, 6) is 0.0313. The fourth-order valence-corrected chi connectivity index (χ4v) is 7.85. The molecule has 10 nitrogen and oxygen atoms in total. The third kappa shape index (κ3) is 13.5. The van der Waals surface area contributed by atoms with Crippen molar-refractivity contribution in [2.45, 2.75) is 110 Å². The van der Waals surface area contributed by atoms with Gasteiger partial charge in [0.1, 0.15) is 30.2 Å². The third-order valence-corrected chi connectivity index (χ3v) is 10.7. The van der Waals surface area contributed by atoms with Gasteiger partial charge in [-0.1, -0.05) is 59.1 Å². The summed E-state index contributed by atoms with van der Waals surface area (Å²) in [5, 5.41) is 1.24. The summed E-state index contributed by atoms with van der Waals surface area (Å²) in [6.45, 7) is 12.5. The van der Waals surface area contributed by atoms with Crippen molar-refractivity contribution in [1.29, 1.82) is 0 Å². The molecule has 5 rings (SSSR count). The highest BCUT2D eigenvalue weighted by Gasteiger charge is 2.43. The van der Waals surface area contributed by atoms with E-state index in [0.717, 1.165) is 28.9 Å². The zero-order valence-corrected chi connectivity index (χ0v) is 36.9. The van der Waals surface area contributed by atoms with Crippen molar-refractivity contribution in [2.24, 2.45) is 5.92 Å². The van der Waals surface area contributed by atoms with Gasteiger partial charge in [-0.25, -0.2) is 18.4 Å². The van der Waals surface area contributed by atoms with Crippen molar-refractivity contribution in [3.05, 3.63) is 91.9 Å². The largest absolute Gasteiger partial charge is 0.490 e. The van der Waals surface area contributed by atoms with E-state index in [0.29, 0.717) is 50.7 Å². The van der Waals surface area contributed by atoms with Crippen LogP contribution in [-0.4, -0.2) is 89.3 Å². The number of nitrogens with zero attached hydrogens (tertiary/aromatic N) is 3. The Kier molecular flexibility index (Phi) is 15.3. The number of alkyl halides is 2. The number of ether oxygens (including phenoxy) is 4. The number of rotatable bonds is 14. The Morgan fingerprint density at radius 1 is 0.814 bits per heavy atom. The van der Waals surface area contributed by atoms with Crippen molar-refractivity contribution >= 4 is 52.9 Å². The first-order valence-corrected chi connectivity index (χ1v) is 20.9. The monoisotopic (exact) mass is 879 g/mol. The molecular weight excluding hydrogens is 827 g/mol. The Bertz CT molecular complexity index is 1930. The summed E-state index contributed by atoms with van der Waals surface area (Å²) in [4.78, 5) is 45.5. The standard InChI is InChI=1S/C44H54Cl3F2N3O7/c1-27-20-36(46)39(37(47)21-27)57-19-18-56-32-13-9-29(10-14-32)33-16-17-50(41(54)58-43(2,3)4)25-34(33)40(53)52(31-11-12-31)24-30-22-28(8-15-35(30)45)23-51(26-38(48)49)42(55)59-44(5,6)7/h8-10,13-15,20-22,31,33-34,38H,11-12,16-19,23-26H2,1-7H3/t33-,34+/m1/s1. The number of halogens is 5. The van der Waals surface area contributed by atoms with Crippen LogP contribution in [0.15, 0.2) is 54.6 Å². The van der Waals surface area contributed by atoms with Crippen LogP contribution in [0.1, 0.15) is 89.0 Å². The highest BCUT2D eigenvalue weighted by Crippen LogP contribution is 2.40. The van der Waals surface area contributed by atoms with Gasteiger partial charge in [-0.05, 0) is 126 Å². The molecule has 3 aromatic carbocycles. The van der Waals surface area contributed by atoms with Crippen LogP contribution in [0, 0.1) is 12.8 Å². The Hall–Kier alpha value is -4.00. The van der Waals surface area contributed by atoms with Crippen LogP contribution in [0.4, 0.5) is 18.4 Å². The number of piperidine rings is 1. The molecule has 1 heterocycles. The van der Waals surface area contributed by atoms with Crippen LogP contribution in [-0.2, 0) is 27.4 Å². The molecule has 3 aromatic rings. The van der Waals surface area contributed by atoms with Gasteiger partial charge in [0.05, 0.1) is 22.5 Å². The minimum Gasteiger partial charge on any atom is -0.490 e. The molecule has 3 amide bonds. The second-order valence-electron chi connectivity index (χ2n) is 17.1. The first kappa shape index (κ1) is 46.1. The quantitative estimate of drug-likeness (QED) is 0.149. The minimum atomic E-state index is -2.77. The zero-order chi connectivity index (χ0) is 43.2. The fourth-order valence-electron chi connectivity index (χ4n) is 6.97. The summed E-state index contributed by atoms with van der Waals surface area (Å²) < 4.78 is 50.0. The van der Waals surface area contributed by atoms with Gasteiger partial charge in [-0.3, -0.25) is 9.69 Å². The number of aryl methyl sites for hydroxylation is 1. The Balaban J connectivity index is 1.34. The maximum Gasteiger partial charge on any atom is 0.410 e. The number of hydrogen-bond donors (Lipinski definition) is 0. The van der Waals surface area contributed by atoms with Gasteiger partial charge in [0.15, 0.2) is 5.75 Å². The molecule has 2 aliphatic rings. The van der Waals surface area contributed by atoms with Gasteiger partial charge >= 0.3 is 12.2 Å². The van der Waals surface area contributed by atoms with E-state index in [4.69, 9.17) is 53.8 Å². The van der Waals surface area contributed by atoms with Crippen LogP contribution < -0.4 is 9.47 Å². The van der Waals surface area contributed by atoms with Crippen molar-refractivity contribution in [1.82, 2.24) is 14.7 Å². The maximum atomic E-state index is 14.9. The molecule has 1 saturated carbocycles. The van der Waals surface area contributed by atoms with E-state index in [1.165, 1.54) is 0 Å². The third-order valence-electron chi connectivity index (χ3n) is 9.74. The molecule has 1 aliphatic carbocycles. The fraction of sp³-hybridized carbons (Fsp3) is 0.523. The van der Waals surface area contributed by atoms with E-state index in [1.54, 1.807) is 76.8 Å². The van der Waals surface area contributed by atoms with Gasteiger partial charge in [0.25, 0.3) is 6.43 Å². The first-order valence-electron chi connectivity index (χ1n) is 19.8. The molecule has 0 radical (unpaired) electrons. The lowest BCUT2D eigenvalue weighted by molar-refractivity contribution is -0.139. The number of benzene rings is 3. The average molecular weight is 881 g/mol. The summed E-state index contributed by atoms with van der Waals surface area (Å²) >= 11 is 19.3. The normalized spacial score (nSPS) is 17.1. The van der Waals surface area contributed by atoms with Gasteiger partial charge in [-0.15, -0.1) is 0 Å². The predicted octanol–water partition coefficient (Wildman–Crippen LogP) is 10.9. The van der Waals surface area contributed by atoms with Crippen molar-refractivity contribution in [2.75, 3.05) is 32.8 Å². The number of carbonyl (C=O) groups excluding carboxylic acids is 3. The van der Waals surface area contributed by atoms with E-state index in [2.05, 4.69) is 0 Å². The molecular formula is C44H54Cl3F2N3O7. The molecule has 2 atom stereocenters. The Morgan fingerprint density at radius 3 is 2.03 bits per heavy atom. The second kappa shape index (κ2) is 19.6. The second-order valence-corrected chi connectivity index (χ2v) is 18.3. The van der Waals surface area contributed by atoms with Crippen molar-refractivity contribution in [3.63, 3.8) is 0 Å². The lowest BCUT2D eigenvalue weighted by Crippen LogP contribution is -2.51. The van der Waals surface area contributed by atoms with Crippen molar-refractivity contribution < 1.29 is 42.1 Å². The van der Waals surface area contributed by atoms with Crippen LogP contribution in [0.3, 0.4) is 0 Å². The smallest absolute Gasteiger partial charge is 0.410 e. The van der Waals surface area contributed by atoms with E-state index in [-0.39, 0.29) is 50.7 Å². The summed E-state index contributed by atoms with van der Waals surface area (Å²) in [6.07, 6.45) is -2.00. The van der Waals surface area contributed by atoms with E-state index in [1.807, 2.05) is 36.1 Å². The lowest BCUT2D eigenvalue weighted by atomic mass is 9.79. The Morgan fingerprint density at radius 2 is 1.44 bits per heavy atom. The molecule has 0 N–H and O–H groups in total. The summed E-state index contributed by atoms with van der Waals surface area (Å²) in [7, 11) is 0. The topological polar surface area (TPSA) is 97.8 Å². The highest BCUT2D eigenvalue weighted by molar-refractivity contribution is 6.37. The minimum absolute atomic E-state index is 0.0421.